The van der Waals surface area contributed by atoms with Gasteiger partial charge in [-0.15, -0.1) is 0 Å². The van der Waals surface area contributed by atoms with Crippen molar-refractivity contribution in [2.75, 3.05) is 11.4 Å². The van der Waals surface area contributed by atoms with Gasteiger partial charge in [0, 0.05) is 18.7 Å². The highest BCUT2D eigenvalue weighted by atomic mass is 32.1. The fraction of sp³-hybridized carbons (Fsp3) is 0.435. The van der Waals surface area contributed by atoms with Gasteiger partial charge in [0.15, 0.2) is 5.70 Å². The third-order valence-electron chi connectivity index (χ3n) is 5.48. The van der Waals surface area contributed by atoms with Crippen molar-refractivity contribution >= 4 is 23.0 Å². The van der Waals surface area contributed by atoms with Gasteiger partial charge in [-0.1, -0.05) is 39.0 Å². The van der Waals surface area contributed by atoms with Crippen molar-refractivity contribution in [3.8, 4) is 0 Å². The fourth-order valence-electron chi connectivity index (χ4n) is 3.76. The van der Waals surface area contributed by atoms with Gasteiger partial charge in [0.2, 0.25) is 0 Å². The maximum absolute atomic E-state index is 13.1. The van der Waals surface area contributed by atoms with Crippen LogP contribution in [-0.2, 0) is 16.0 Å². The molecule has 1 atom stereocenters. The predicted molar refractivity (Wildman–Crippen MR) is 115 cm³/mol. The van der Waals surface area contributed by atoms with Gasteiger partial charge < -0.3 is 14.7 Å². The number of esters is 1. The summed E-state index contributed by atoms with van der Waals surface area (Å²) < 4.78 is 6.07. The van der Waals surface area contributed by atoms with Crippen molar-refractivity contribution in [2.45, 2.75) is 52.1 Å². The van der Waals surface area contributed by atoms with Crippen LogP contribution in [0.1, 0.15) is 45.6 Å². The Labute approximate surface area is 171 Å². The summed E-state index contributed by atoms with van der Waals surface area (Å²) in [5, 5.41) is 15.2. The minimum Gasteiger partial charge on any atom is -0.510 e. The maximum atomic E-state index is 13.1. The number of anilines is 1. The molecule has 0 fully saturated rings. The number of hydrogen-bond donors (Lipinski definition) is 1. The summed E-state index contributed by atoms with van der Waals surface area (Å²) in [5.41, 5.74) is 1.73. The second kappa shape index (κ2) is 8.82. The monoisotopic (exact) mass is 399 g/mol. The van der Waals surface area contributed by atoms with Crippen LogP contribution in [0.15, 0.2) is 58.6 Å². The van der Waals surface area contributed by atoms with E-state index >= 15 is 0 Å². The number of rotatable bonds is 8. The van der Waals surface area contributed by atoms with E-state index in [-0.39, 0.29) is 17.4 Å². The van der Waals surface area contributed by atoms with E-state index in [0.29, 0.717) is 19.4 Å². The van der Waals surface area contributed by atoms with E-state index < -0.39 is 11.6 Å². The van der Waals surface area contributed by atoms with Crippen LogP contribution in [0.25, 0.3) is 0 Å². The molecular weight excluding hydrogens is 370 g/mol. The summed E-state index contributed by atoms with van der Waals surface area (Å²) in [6, 6.07) is 11.8. The third-order valence-corrected chi connectivity index (χ3v) is 6.22. The Morgan fingerprint density at radius 3 is 2.57 bits per heavy atom. The van der Waals surface area contributed by atoms with Crippen LogP contribution in [0.2, 0.25) is 0 Å². The van der Waals surface area contributed by atoms with Crippen LogP contribution < -0.4 is 4.90 Å². The number of para-hydroxylation sites is 1. The molecule has 1 aromatic carbocycles. The first-order valence-electron chi connectivity index (χ1n) is 9.96. The second-order valence-corrected chi connectivity index (χ2v) is 8.48. The molecule has 1 aliphatic rings. The molecule has 0 amide bonds. The lowest BCUT2D eigenvalue weighted by Gasteiger charge is -2.42. The number of cyclic esters (lactones) is 1. The van der Waals surface area contributed by atoms with Gasteiger partial charge in [-0.2, -0.15) is 11.3 Å². The lowest BCUT2D eigenvalue weighted by Crippen LogP contribution is -2.47. The number of carbonyl (C=O) groups excluding carboxylic acids is 1. The zero-order chi connectivity index (χ0) is 20.1. The van der Waals surface area contributed by atoms with Crippen LogP contribution >= 0.6 is 11.3 Å². The summed E-state index contributed by atoms with van der Waals surface area (Å²) in [6.45, 7) is 6.81. The number of ether oxygens (including phenoxy) is 1. The largest absolute Gasteiger partial charge is 0.510 e. The molecule has 2 aromatic rings. The number of aliphatic hydroxyl groups excluding tert-OH is 1. The highest BCUT2D eigenvalue weighted by Crippen LogP contribution is 2.40. The third kappa shape index (κ3) is 4.25. The van der Waals surface area contributed by atoms with Gasteiger partial charge in [-0.25, -0.2) is 4.79 Å². The number of carbonyl (C=O) groups is 1. The average molecular weight is 400 g/mol. The molecule has 0 bridgehead atoms. The van der Waals surface area contributed by atoms with E-state index in [1.54, 1.807) is 11.3 Å². The van der Waals surface area contributed by atoms with Crippen molar-refractivity contribution in [2.24, 2.45) is 5.92 Å². The molecule has 4 nitrogen and oxygen atoms in total. The van der Waals surface area contributed by atoms with Gasteiger partial charge in [-0.3, -0.25) is 0 Å². The van der Waals surface area contributed by atoms with Crippen LogP contribution in [0.5, 0.6) is 0 Å². The van der Waals surface area contributed by atoms with E-state index in [0.717, 1.165) is 18.5 Å². The molecule has 2 heterocycles. The normalized spacial score (nSPS) is 19.8. The second-order valence-electron chi connectivity index (χ2n) is 7.70. The molecule has 1 N–H and O–H groups in total. The van der Waals surface area contributed by atoms with Crippen LogP contribution in [0, 0.1) is 5.92 Å². The Hall–Kier alpha value is -2.27. The fourth-order valence-corrected chi connectivity index (χ4v) is 4.47. The first-order valence-corrected chi connectivity index (χ1v) is 10.9. The molecule has 0 saturated carbocycles. The molecule has 0 spiro atoms. The summed E-state index contributed by atoms with van der Waals surface area (Å²) >= 11 is 1.67. The standard InChI is InChI=1S/C23H29NO3S/c1-4-13-24(19-8-6-5-7-9-19)21-20(25)15-23(17(2)3,27-22(21)26)12-10-18-11-14-28-16-18/h5-9,11,14,16-17,25H,4,10,12-13,15H2,1-3H3. The molecule has 1 aliphatic heterocycles. The Morgan fingerprint density at radius 1 is 1.25 bits per heavy atom. The van der Waals surface area contributed by atoms with Gasteiger partial charge in [0.05, 0.1) is 0 Å². The zero-order valence-electron chi connectivity index (χ0n) is 16.9. The Bertz CT molecular complexity index is 814. The van der Waals surface area contributed by atoms with Gasteiger partial charge in [0.25, 0.3) is 0 Å². The number of hydrogen-bond acceptors (Lipinski definition) is 5. The quantitative estimate of drug-likeness (QED) is 0.578. The lowest BCUT2D eigenvalue weighted by atomic mass is 9.79. The highest BCUT2D eigenvalue weighted by molar-refractivity contribution is 7.07. The molecular formula is C23H29NO3S. The van der Waals surface area contributed by atoms with Crippen molar-refractivity contribution in [1.82, 2.24) is 0 Å². The highest BCUT2D eigenvalue weighted by Gasteiger charge is 2.45. The van der Waals surface area contributed by atoms with Crippen LogP contribution in [-0.4, -0.2) is 23.2 Å². The van der Waals surface area contributed by atoms with Crippen LogP contribution in [0.4, 0.5) is 5.69 Å². The first-order chi connectivity index (χ1) is 13.5. The minimum atomic E-state index is -0.679. The molecule has 0 radical (unpaired) electrons. The van der Waals surface area contributed by atoms with Gasteiger partial charge in [-0.05, 0) is 59.7 Å². The van der Waals surface area contributed by atoms with Crippen molar-refractivity contribution in [1.29, 1.82) is 0 Å². The molecule has 1 aromatic heterocycles. The van der Waals surface area contributed by atoms with Crippen molar-refractivity contribution < 1.29 is 14.6 Å². The maximum Gasteiger partial charge on any atom is 0.359 e. The number of aryl methyl sites for hydroxylation is 1. The minimum absolute atomic E-state index is 0.107. The van der Waals surface area contributed by atoms with Gasteiger partial charge >= 0.3 is 5.97 Å². The van der Waals surface area contributed by atoms with Crippen molar-refractivity contribution in [3.63, 3.8) is 0 Å². The molecule has 5 heteroatoms. The van der Waals surface area contributed by atoms with Crippen molar-refractivity contribution in [3.05, 3.63) is 64.2 Å². The number of benzene rings is 1. The Morgan fingerprint density at radius 2 is 2.00 bits per heavy atom. The molecule has 28 heavy (non-hydrogen) atoms. The lowest BCUT2D eigenvalue weighted by molar-refractivity contribution is -0.166. The Balaban J connectivity index is 1.90. The summed E-state index contributed by atoms with van der Waals surface area (Å²) in [7, 11) is 0. The average Bonchev–Trinajstić information content (AvgIpc) is 3.19. The molecule has 0 saturated heterocycles. The topological polar surface area (TPSA) is 49.8 Å². The van der Waals surface area contributed by atoms with E-state index in [4.69, 9.17) is 4.74 Å². The molecule has 3 rings (SSSR count). The van der Waals surface area contributed by atoms with E-state index in [1.807, 2.05) is 35.2 Å². The summed E-state index contributed by atoms with van der Waals surface area (Å²) in [5.74, 6) is -0.192. The van der Waals surface area contributed by atoms with Crippen LogP contribution in [0.3, 0.4) is 0 Å². The first kappa shape index (κ1) is 20.5. The molecule has 0 aliphatic carbocycles. The van der Waals surface area contributed by atoms with E-state index in [2.05, 4.69) is 37.6 Å². The molecule has 150 valence electrons. The van der Waals surface area contributed by atoms with E-state index in [9.17, 15) is 9.90 Å². The van der Waals surface area contributed by atoms with Gasteiger partial charge in [0.1, 0.15) is 11.4 Å². The van der Waals surface area contributed by atoms with E-state index in [1.165, 1.54) is 5.56 Å². The number of thiophene rings is 1. The number of nitrogens with zero attached hydrogens (tertiary/aromatic N) is 1. The smallest absolute Gasteiger partial charge is 0.359 e. The zero-order valence-corrected chi connectivity index (χ0v) is 17.7. The summed E-state index contributed by atoms with van der Waals surface area (Å²) in [4.78, 5) is 15.0. The molecule has 1 unspecified atom stereocenters. The summed E-state index contributed by atoms with van der Waals surface area (Å²) in [6.07, 6.45) is 2.73. The Kier molecular flexibility index (Phi) is 6.45. The predicted octanol–water partition coefficient (Wildman–Crippen LogP) is 5.71. The SMILES string of the molecule is CCCN(C1=C(O)CC(CCc2ccsc2)(C(C)C)OC1=O)c1ccccc1. The number of aliphatic hydroxyl groups is 1.